The molecule has 1 aromatic carbocycles. The number of ether oxygens (including phenoxy) is 1. The van der Waals surface area contributed by atoms with Crippen LogP contribution in [0.2, 0.25) is 0 Å². The Morgan fingerprint density at radius 3 is 2.88 bits per heavy atom. The van der Waals surface area contributed by atoms with Gasteiger partial charge in [-0.1, -0.05) is 37.3 Å². The van der Waals surface area contributed by atoms with Crippen molar-refractivity contribution >= 4 is 5.97 Å². The molecule has 0 saturated carbocycles. The van der Waals surface area contributed by atoms with E-state index in [0.717, 1.165) is 62.8 Å². The number of nitrogens with zero attached hydrogens (tertiary/aromatic N) is 2. The Balaban J connectivity index is 1.22. The molecule has 1 N–H and O–H groups in total. The van der Waals surface area contributed by atoms with Crippen LogP contribution in [0.25, 0.3) is 0 Å². The molecule has 2 aromatic rings. The number of carboxylic acid groups (broad SMARTS) is 1. The summed E-state index contributed by atoms with van der Waals surface area (Å²) in [4.78, 5) is 19.0. The number of hydrogen-bond donors (Lipinski definition) is 1. The van der Waals surface area contributed by atoms with Gasteiger partial charge >= 0.3 is 5.97 Å². The Morgan fingerprint density at radius 2 is 2.03 bits per heavy atom. The van der Waals surface area contributed by atoms with Gasteiger partial charge in [0.05, 0.1) is 6.10 Å². The highest BCUT2D eigenvalue weighted by atomic mass is 16.5. The quantitative estimate of drug-likeness (QED) is 0.544. The van der Waals surface area contributed by atoms with Crippen molar-refractivity contribution in [3.63, 3.8) is 0 Å². The minimum absolute atomic E-state index is 0.118. The average Bonchev–Trinajstić information content (AvgIpc) is 3.27. The van der Waals surface area contributed by atoms with Crippen molar-refractivity contribution in [1.82, 2.24) is 9.88 Å². The fourth-order valence-electron chi connectivity index (χ4n) is 5.16. The molecule has 2 heterocycles. The summed E-state index contributed by atoms with van der Waals surface area (Å²) in [6, 6.07) is 11.8. The zero-order chi connectivity index (χ0) is 22.3. The predicted molar refractivity (Wildman–Crippen MR) is 126 cm³/mol. The third-order valence-corrected chi connectivity index (χ3v) is 6.92. The van der Waals surface area contributed by atoms with Gasteiger partial charge in [-0.15, -0.1) is 0 Å². The summed E-state index contributed by atoms with van der Waals surface area (Å²) >= 11 is 0. The van der Waals surface area contributed by atoms with Gasteiger partial charge in [-0.2, -0.15) is 0 Å². The topological polar surface area (TPSA) is 62.7 Å². The normalized spacial score (nSPS) is 19.6. The molecule has 4 rings (SSSR count). The van der Waals surface area contributed by atoms with Crippen molar-refractivity contribution in [2.45, 2.75) is 76.9 Å². The summed E-state index contributed by atoms with van der Waals surface area (Å²) in [5.74, 6) is -0.774. The summed E-state index contributed by atoms with van der Waals surface area (Å²) in [6.07, 6.45) is 9.81. The number of pyridine rings is 1. The predicted octanol–water partition coefficient (Wildman–Crippen LogP) is 4.76. The van der Waals surface area contributed by atoms with E-state index in [1.807, 2.05) is 24.3 Å². The van der Waals surface area contributed by atoms with Gasteiger partial charge in [0.15, 0.2) is 0 Å². The van der Waals surface area contributed by atoms with Crippen molar-refractivity contribution in [1.29, 1.82) is 0 Å². The first-order valence-corrected chi connectivity index (χ1v) is 12.3. The first-order valence-electron chi connectivity index (χ1n) is 12.3. The van der Waals surface area contributed by atoms with Crippen LogP contribution in [0.1, 0.15) is 73.1 Å². The summed E-state index contributed by atoms with van der Waals surface area (Å²) in [6.45, 7) is 4.25. The first kappa shape index (κ1) is 22.9. The Bertz CT molecular complexity index is 914. The molecule has 2 aliphatic rings. The van der Waals surface area contributed by atoms with Crippen molar-refractivity contribution in [3.8, 4) is 0 Å². The number of aliphatic carboxylic acids is 1. The standard InChI is InChI=1S/C27H36N2O3/c1-2-20-9-3-5-12-24(20)26(27(30)31)29-17-16-23(19-29)32-18-8-7-11-22-15-14-21-10-4-6-13-25(21)28-22/h3,5,9,12,14-15,23,26H,2,4,6-8,10-11,13,16-19H2,1H3,(H,30,31)/t23-,26?/m1/s1. The molecule has 1 saturated heterocycles. The van der Waals surface area contributed by atoms with Gasteiger partial charge in [0.25, 0.3) is 0 Å². The number of benzene rings is 1. The SMILES string of the molecule is CCc1ccccc1C(C(=O)O)N1CC[C@@H](OCCCCc2ccc3c(n2)CCCC3)C1. The number of carbonyl (C=O) groups is 1. The van der Waals surface area contributed by atoms with E-state index in [2.05, 4.69) is 24.0 Å². The highest BCUT2D eigenvalue weighted by Gasteiger charge is 2.34. The van der Waals surface area contributed by atoms with Gasteiger partial charge in [0, 0.05) is 31.1 Å². The van der Waals surface area contributed by atoms with Gasteiger partial charge in [0.2, 0.25) is 0 Å². The molecule has 0 spiro atoms. The fourth-order valence-corrected chi connectivity index (χ4v) is 5.16. The summed E-state index contributed by atoms with van der Waals surface area (Å²) in [5, 5.41) is 9.93. The first-order chi connectivity index (χ1) is 15.7. The molecule has 172 valence electrons. The minimum atomic E-state index is -0.774. The van der Waals surface area contributed by atoms with Gasteiger partial charge in [-0.25, -0.2) is 0 Å². The monoisotopic (exact) mass is 436 g/mol. The highest BCUT2D eigenvalue weighted by Crippen LogP contribution is 2.29. The van der Waals surface area contributed by atoms with Gasteiger partial charge in [-0.3, -0.25) is 14.7 Å². The molecule has 0 bridgehead atoms. The second-order valence-corrected chi connectivity index (χ2v) is 9.14. The van der Waals surface area contributed by atoms with E-state index in [4.69, 9.17) is 9.72 Å². The zero-order valence-electron chi connectivity index (χ0n) is 19.3. The van der Waals surface area contributed by atoms with Crippen LogP contribution in [0.3, 0.4) is 0 Å². The van der Waals surface area contributed by atoms with Crippen LogP contribution in [0.5, 0.6) is 0 Å². The van der Waals surface area contributed by atoms with Crippen LogP contribution >= 0.6 is 0 Å². The zero-order valence-corrected chi connectivity index (χ0v) is 19.3. The lowest BCUT2D eigenvalue weighted by Crippen LogP contribution is -2.34. The Labute approximate surface area is 191 Å². The van der Waals surface area contributed by atoms with Gasteiger partial charge in [-0.05, 0) is 80.5 Å². The number of aromatic nitrogens is 1. The summed E-state index contributed by atoms with van der Waals surface area (Å²) in [5.41, 5.74) is 5.99. The maximum Gasteiger partial charge on any atom is 0.325 e. The van der Waals surface area contributed by atoms with E-state index in [1.165, 1.54) is 36.2 Å². The van der Waals surface area contributed by atoms with E-state index in [-0.39, 0.29) is 6.10 Å². The molecule has 1 unspecified atom stereocenters. The molecule has 1 aliphatic carbocycles. The Hall–Kier alpha value is -2.24. The molecule has 1 fully saturated rings. The van der Waals surface area contributed by atoms with Crippen LogP contribution in [0.15, 0.2) is 36.4 Å². The third-order valence-electron chi connectivity index (χ3n) is 6.92. The molecule has 5 nitrogen and oxygen atoms in total. The number of rotatable bonds is 10. The second-order valence-electron chi connectivity index (χ2n) is 9.14. The Kier molecular flexibility index (Phi) is 7.93. The van der Waals surface area contributed by atoms with E-state index < -0.39 is 12.0 Å². The number of likely N-dealkylation sites (tertiary alicyclic amines) is 1. The third kappa shape index (κ3) is 5.57. The van der Waals surface area contributed by atoms with E-state index in [1.54, 1.807) is 0 Å². The lowest BCUT2D eigenvalue weighted by Gasteiger charge is -2.26. The van der Waals surface area contributed by atoms with E-state index in [9.17, 15) is 9.90 Å². The van der Waals surface area contributed by atoms with Crippen molar-refractivity contribution in [2.24, 2.45) is 0 Å². The van der Waals surface area contributed by atoms with Crippen LogP contribution in [0, 0.1) is 0 Å². The average molecular weight is 437 g/mol. The van der Waals surface area contributed by atoms with Crippen LogP contribution < -0.4 is 0 Å². The molecule has 0 radical (unpaired) electrons. The molecule has 1 aliphatic heterocycles. The van der Waals surface area contributed by atoms with Crippen molar-refractivity contribution in [3.05, 3.63) is 64.5 Å². The Morgan fingerprint density at radius 1 is 1.19 bits per heavy atom. The van der Waals surface area contributed by atoms with E-state index >= 15 is 0 Å². The van der Waals surface area contributed by atoms with Crippen molar-refractivity contribution in [2.75, 3.05) is 19.7 Å². The maximum atomic E-state index is 12.1. The van der Waals surface area contributed by atoms with Crippen LogP contribution in [0.4, 0.5) is 0 Å². The summed E-state index contributed by atoms with van der Waals surface area (Å²) < 4.78 is 6.13. The molecular weight excluding hydrogens is 400 g/mol. The minimum Gasteiger partial charge on any atom is -0.480 e. The fraction of sp³-hybridized carbons (Fsp3) is 0.556. The maximum absolute atomic E-state index is 12.1. The summed E-state index contributed by atoms with van der Waals surface area (Å²) in [7, 11) is 0. The molecule has 2 atom stereocenters. The second kappa shape index (κ2) is 11.1. The van der Waals surface area contributed by atoms with Gasteiger partial charge in [0.1, 0.15) is 6.04 Å². The smallest absolute Gasteiger partial charge is 0.325 e. The number of carboxylic acids is 1. The molecular formula is C27H36N2O3. The van der Waals surface area contributed by atoms with Crippen LogP contribution in [-0.2, 0) is 35.2 Å². The largest absolute Gasteiger partial charge is 0.480 e. The molecule has 0 amide bonds. The van der Waals surface area contributed by atoms with E-state index in [0.29, 0.717) is 6.54 Å². The van der Waals surface area contributed by atoms with Gasteiger partial charge < -0.3 is 9.84 Å². The lowest BCUT2D eigenvalue weighted by molar-refractivity contribution is -0.143. The van der Waals surface area contributed by atoms with Crippen molar-refractivity contribution < 1.29 is 14.6 Å². The highest BCUT2D eigenvalue weighted by molar-refractivity contribution is 5.76. The molecule has 1 aromatic heterocycles. The number of aryl methyl sites for hydroxylation is 4. The lowest BCUT2D eigenvalue weighted by atomic mass is 9.95. The molecule has 32 heavy (non-hydrogen) atoms. The number of unbranched alkanes of at least 4 members (excludes halogenated alkanes) is 1. The number of fused-ring (bicyclic) bond motifs is 1. The van der Waals surface area contributed by atoms with Crippen LogP contribution in [-0.4, -0.2) is 46.8 Å². The number of hydrogen-bond acceptors (Lipinski definition) is 4. The molecule has 5 heteroatoms.